The van der Waals surface area contributed by atoms with E-state index < -0.39 is 11.4 Å². The Kier molecular flexibility index (Phi) is 4.00. The van der Waals surface area contributed by atoms with E-state index in [4.69, 9.17) is 0 Å². The largest absolute Gasteiger partial charge is 0.481 e. The summed E-state index contributed by atoms with van der Waals surface area (Å²) in [7, 11) is 0. The van der Waals surface area contributed by atoms with Crippen molar-refractivity contribution in [3.05, 3.63) is 0 Å². The monoisotopic (exact) mass is 227 g/mol. The van der Waals surface area contributed by atoms with Crippen LogP contribution in [0.3, 0.4) is 0 Å². The molecule has 3 nitrogen and oxygen atoms in total. The molecule has 0 spiro atoms. The Balaban J connectivity index is 2.80. The third-order valence-electron chi connectivity index (χ3n) is 4.37. The predicted octanol–water partition coefficient (Wildman–Crippen LogP) is 2.75. The molecule has 1 fully saturated rings. The second-order valence-corrected chi connectivity index (χ2v) is 5.63. The smallest absolute Gasteiger partial charge is 0.310 e. The predicted molar refractivity (Wildman–Crippen MR) is 65.5 cm³/mol. The lowest BCUT2D eigenvalue weighted by Crippen LogP contribution is -2.48. The number of hydrogen-bond donors (Lipinski definition) is 1. The molecule has 0 aliphatic carbocycles. The average Bonchev–Trinajstić information content (AvgIpc) is 2.54. The molecule has 0 aromatic rings. The highest BCUT2D eigenvalue weighted by molar-refractivity contribution is 5.74. The zero-order valence-electron chi connectivity index (χ0n) is 11.0. The SMILES string of the molecule is CCC(CC)(CN1CCCC1(C)C)C(=O)O. The second kappa shape index (κ2) is 4.74. The molecule has 0 amide bonds. The maximum Gasteiger partial charge on any atom is 0.310 e. The number of carbonyl (C=O) groups is 1. The van der Waals surface area contributed by atoms with Crippen LogP contribution >= 0.6 is 0 Å². The summed E-state index contributed by atoms with van der Waals surface area (Å²) in [5, 5.41) is 9.43. The van der Waals surface area contributed by atoms with Crippen LogP contribution in [0.15, 0.2) is 0 Å². The number of hydrogen-bond acceptors (Lipinski definition) is 2. The van der Waals surface area contributed by atoms with Crippen molar-refractivity contribution in [1.29, 1.82) is 0 Å². The van der Waals surface area contributed by atoms with E-state index in [1.54, 1.807) is 0 Å². The molecule has 1 heterocycles. The van der Waals surface area contributed by atoms with E-state index in [2.05, 4.69) is 18.7 Å². The molecular weight excluding hydrogens is 202 g/mol. The summed E-state index contributed by atoms with van der Waals surface area (Å²) in [6.45, 7) is 10.2. The van der Waals surface area contributed by atoms with Crippen LogP contribution in [-0.2, 0) is 4.79 Å². The molecule has 0 aromatic carbocycles. The van der Waals surface area contributed by atoms with Gasteiger partial charge in [0.05, 0.1) is 5.41 Å². The third kappa shape index (κ3) is 2.40. The van der Waals surface area contributed by atoms with Gasteiger partial charge in [0.1, 0.15) is 0 Å². The van der Waals surface area contributed by atoms with Gasteiger partial charge in [-0.25, -0.2) is 0 Å². The minimum absolute atomic E-state index is 0.172. The molecule has 1 N–H and O–H groups in total. The van der Waals surface area contributed by atoms with E-state index in [1.807, 2.05) is 13.8 Å². The van der Waals surface area contributed by atoms with Crippen LogP contribution < -0.4 is 0 Å². The molecule has 16 heavy (non-hydrogen) atoms. The van der Waals surface area contributed by atoms with E-state index in [9.17, 15) is 9.90 Å². The van der Waals surface area contributed by atoms with Gasteiger partial charge in [-0.1, -0.05) is 13.8 Å². The first kappa shape index (κ1) is 13.5. The molecule has 94 valence electrons. The zero-order valence-corrected chi connectivity index (χ0v) is 11.0. The van der Waals surface area contributed by atoms with Crippen molar-refractivity contribution in [2.45, 2.75) is 58.9 Å². The van der Waals surface area contributed by atoms with Crippen LogP contribution in [0, 0.1) is 5.41 Å². The first-order valence-corrected chi connectivity index (χ1v) is 6.36. The number of aliphatic carboxylic acids is 1. The molecule has 3 heteroatoms. The fourth-order valence-corrected chi connectivity index (χ4v) is 2.67. The quantitative estimate of drug-likeness (QED) is 0.785. The van der Waals surface area contributed by atoms with Gasteiger partial charge in [0, 0.05) is 12.1 Å². The van der Waals surface area contributed by atoms with Gasteiger partial charge in [0.2, 0.25) is 0 Å². The summed E-state index contributed by atoms with van der Waals surface area (Å²) in [6, 6.07) is 0. The summed E-state index contributed by atoms with van der Waals surface area (Å²) < 4.78 is 0. The molecule has 0 saturated carbocycles. The van der Waals surface area contributed by atoms with E-state index in [1.165, 1.54) is 12.8 Å². The van der Waals surface area contributed by atoms with E-state index >= 15 is 0 Å². The molecule has 1 saturated heterocycles. The zero-order chi connectivity index (χ0) is 12.4. The summed E-state index contributed by atoms with van der Waals surface area (Å²) in [6.07, 6.45) is 3.79. The summed E-state index contributed by atoms with van der Waals surface area (Å²) >= 11 is 0. The average molecular weight is 227 g/mol. The van der Waals surface area contributed by atoms with Crippen LogP contribution in [0.1, 0.15) is 53.4 Å². The van der Waals surface area contributed by atoms with Crippen molar-refractivity contribution in [2.24, 2.45) is 5.41 Å². The summed E-state index contributed by atoms with van der Waals surface area (Å²) in [4.78, 5) is 13.8. The fraction of sp³-hybridized carbons (Fsp3) is 0.923. The summed E-state index contributed by atoms with van der Waals surface area (Å²) in [5.74, 6) is -0.639. The molecule has 0 bridgehead atoms. The Hall–Kier alpha value is -0.570. The Bertz CT molecular complexity index is 257. The Labute approximate surface area is 98.8 Å². The molecule has 0 aromatic heterocycles. The number of carboxylic acids is 1. The van der Waals surface area contributed by atoms with Crippen LogP contribution in [0.4, 0.5) is 0 Å². The molecule has 1 rings (SSSR count). The van der Waals surface area contributed by atoms with E-state index in [0.717, 1.165) is 6.54 Å². The number of likely N-dealkylation sites (tertiary alicyclic amines) is 1. The highest BCUT2D eigenvalue weighted by Crippen LogP contribution is 2.35. The van der Waals surface area contributed by atoms with Crippen molar-refractivity contribution in [3.63, 3.8) is 0 Å². The lowest BCUT2D eigenvalue weighted by atomic mass is 9.81. The number of carboxylic acid groups (broad SMARTS) is 1. The lowest BCUT2D eigenvalue weighted by Gasteiger charge is -2.38. The van der Waals surface area contributed by atoms with Crippen molar-refractivity contribution in [3.8, 4) is 0 Å². The van der Waals surface area contributed by atoms with Crippen molar-refractivity contribution >= 4 is 5.97 Å². The summed E-state index contributed by atoms with van der Waals surface area (Å²) in [5.41, 5.74) is -0.382. The van der Waals surface area contributed by atoms with Gasteiger partial charge < -0.3 is 5.11 Å². The molecule has 0 radical (unpaired) electrons. The number of rotatable bonds is 5. The second-order valence-electron chi connectivity index (χ2n) is 5.63. The maximum atomic E-state index is 11.5. The van der Waals surface area contributed by atoms with Gasteiger partial charge in [-0.2, -0.15) is 0 Å². The fourth-order valence-electron chi connectivity index (χ4n) is 2.67. The third-order valence-corrected chi connectivity index (χ3v) is 4.37. The van der Waals surface area contributed by atoms with Gasteiger partial charge in [0.25, 0.3) is 0 Å². The van der Waals surface area contributed by atoms with Crippen molar-refractivity contribution in [2.75, 3.05) is 13.1 Å². The Morgan fingerprint density at radius 1 is 1.38 bits per heavy atom. The first-order valence-electron chi connectivity index (χ1n) is 6.36. The minimum Gasteiger partial charge on any atom is -0.481 e. The molecule has 0 unspecified atom stereocenters. The Morgan fingerprint density at radius 3 is 2.25 bits per heavy atom. The molecule has 1 aliphatic rings. The van der Waals surface area contributed by atoms with Gasteiger partial charge >= 0.3 is 5.97 Å². The number of nitrogens with zero attached hydrogens (tertiary/aromatic N) is 1. The minimum atomic E-state index is -0.639. The van der Waals surface area contributed by atoms with Crippen LogP contribution in [0.2, 0.25) is 0 Å². The molecule has 0 atom stereocenters. The molecule has 1 aliphatic heterocycles. The van der Waals surface area contributed by atoms with Gasteiger partial charge in [-0.05, 0) is 46.1 Å². The Morgan fingerprint density at radius 2 is 1.94 bits per heavy atom. The van der Waals surface area contributed by atoms with Crippen molar-refractivity contribution < 1.29 is 9.90 Å². The van der Waals surface area contributed by atoms with Crippen LogP contribution in [-0.4, -0.2) is 34.6 Å². The highest BCUT2D eigenvalue weighted by atomic mass is 16.4. The normalized spacial score (nSPS) is 21.2. The maximum absolute atomic E-state index is 11.5. The van der Waals surface area contributed by atoms with Crippen LogP contribution in [0.25, 0.3) is 0 Å². The van der Waals surface area contributed by atoms with Gasteiger partial charge in [0.15, 0.2) is 0 Å². The highest BCUT2D eigenvalue weighted by Gasteiger charge is 2.42. The van der Waals surface area contributed by atoms with Crippen molar-refractivity contribution in [1.82, 2.24) is 4.90 Å². The standard InChI is InChI=1S/C13H25NO2/c1-5-13(6-2,11(15)16)10-14-9-7-8-12(14,3)4/h5-10H2,1-4H3,(H,15,16). The molecular formula is C13H25NO2. The van der Waals surface area contributed by atoms with Gasteiger partial charge in [-0.3, -0.25) is 9.69 Å². The van der Waals surface area contributed by atoms with E-state index in [0.29, 0.717) is 19.4 Å². The first-order chi connectivity index (χ1) is 7.38. The van der Waals surface area contributed by atoms with Crippen LogP contribution in [0.5, 0.6) is 0 Å². The van der Waals surface area contributed by atoms with Gasteiger partial charge in [-0.15, -0.1) is 0 Å². The van der Waals surface area contributed by atoms with E-state index in [-0.39, 0.29) is 5.54 Å². The topological polar surface area (TPSA) is 40.5 Å². The lowest BCUT2D eigenvalue weighted by molar-refractivity contribution is -0.151.